The second-order valence-corrected chi connectivity index (χ2v) is 5.54. The molecule has 0 spiro atoms. The lowest BCUT2D eigenvalue weighted by atomic mass is 10.1. The summed E-state index contributed by atoms with van der Waals surface area (Å²) in [7, 11) is 0. The van der Waals surface area contributed by atoms with Gasteiger partial charge in [0.05, 0.1) is 12.7 Å². The fourth-order valence-electron chi connectivity index (χ4n) is 2.75. The minimum Gasteiger partial charge on any atom is -0.375 e. The van der Waals surface area contributed by atoms with E-state index < -0.39 is 0 Å². The molecule has 106 valence electrons. The zero-order valence-corrected chi connectivity index (χ0v) is 12.2. The van der Waals surface area contributed by atoms with Gasteiger partial charge in [-0.05, 0) is 24.9 Å². The second-order valence-electron chi connectivity index (χ2n) is 5.54. The lowest BCUT2D eigenvalue weighted by Gasteiger charge is -2.33. The van der Waals surface area contributed by atoms with Crippen LogP contribution in [0.15, 0.2) is 30.3 Å². The van der Waals surface area contributed by atoms with Gasteiger partial charge >= 0.3 is 0 Å². The van der Waals surface area contributed by atoms with Crippen molar-refractivity contribution in [2.24, 2.45) is 0 Å². The number of unbranched alkanes of at least 4 members (excludes halogenated alkanes) is 3. The van der Waals surface area contributed by atoms with Crippen LogP contribution in [0.2, 0.25) is 0 Å². The van der Waals surface area contributed by atoms with Crippen LogP contribution in [0.3, 0.4) is 0 Å². The number of morpholine rings is 1. The number of hydrogen-bond donors (Lipinski definition) is 0. The van der Waals surface area contributed by atoms with Crippen LogP contribution in [0, 0.1) is 0 Å². The van der Waals surface area contributed by atoms with E-state index in [-0.39, 0.29) is 0 Å². The molecule has 2 nitrogen and oxygen atoms in total. The summed E-state index contributed by atoms with van der Waals surface area (Å²) in [6.07, 6.45) is 6.83. The molecule has 1 fully saturated rings. The first-order chi connectivity index (χ1) is 9.38. The van der Waals surface area contributed by atoms with Crippen molar-refractivity contribution >= 4 is 0 Å². The Hall–Kier alpha value is -0.860. The molecular weight excluding hydrogens is 234 g/mol. The largest absolute Gasteiger partial charge is 0.375 e. The Kier molecular flexibility index (Phi) is 6.38. The Labute approximate surface area is 117 Å². The predicted octanol–water partition coefficient (Wildman–Crippen LogP) is 3.51. The first-order valence-corrected chi connectivity index (χ1v) is 7.76. The van der Waals surface area contributed by atoms with Crippen LogP contribution in [0.1, 0.15) is 38.2 Å². The topological polar surface area (TPSA) is 12.5 Å². The second kappa shape index (κ2) is 8.34. The molecule has 0 N–H and O–H groups in total. The molecule has 0 aliphatic carbocycles. The van der Waals surface area contributed by atoms with Gasteiger partial charge in [-0.15, -0.1) is 0 Å². The minimum atomic E-state index is 0.377. The molecule has 1 saturated heterocycles. The molecule has 2 rings (SSSR count). The Morgan fingerprint density at radius 3 is 2.79 bits per heavy atom. The molecule has 0 saturated carbocycles. The van der Waals surface area contributed by atoms with Crippen LogP contribution in [-0.2, 0) is 11.2 Å². The quantitative estimate of drug-likeness (QED) is 0.696. The molecule has 0 aromatic heterocycles. The van der Waals surface area contributed by atoms with Gasteiger partial charge in [0.2, 0.25) is 0 Å². The van der Waals surface area contributed by atoms with Gasteiger partial charge in [-0.25, -0.2) is 0 Å². The SMILES string of the molecule is CCCCCCN1CCOC(Cc2ccccc2)C1. The molecule has 0 amide bonds. The van der Waals surface area contributed by atoms with E-state index in [9.17, 15) is 0 Å². The Bertz CT molecular complexity index is 338. The molecule has 1 aliphatic heterocycles. The van der Waals surface area contributed by atoms with Gasteiger partial charge in [-0.1, -0.05) is 56.5 Å². The van der Waals surface area contributed by atoms with E-state index in [0.29, 0.717) is 6.10 Å². The molecule has 0 radical (unpaired) electrons. The standard InChI is InChI=1S/C17H27NO/c1-2-3-4-8-11-18-12-13-19-17(15-18)14-16-9-6-5-7-10-16/h5-7,9-10,17H,2-4,8,11-15H2,1H3. The van der Waals surface area contributed by atoms with E-state index in [2.05, 4.69) is 42.2 Å². The molecule has 2 heteroatoms. The summed E-state index contributed by atoms with van der Waals surface area (Å²) in [5, 5.41) is 0. The maximum Gasteiger partial charge on any atom is 0.0742 e. The average molecular weight is 261 g/mol. The summed E-state index contributed by atoms with van der Waals surface area (Å²) in [4.78, 5) is 2.58. The summed E-state index contributed by atoms with van der Waals surface area (Å²) in [6.45, 7) is 6.61. The smallest absolute Gasteiger partial charge is 0.0742 e. The van der Waals surface area contributed by atoms with Gasteiger partial charge in [0.25, 0.3) is 0 Å². The first kappa shape index (κ1) is 14.5. The third-order valence-corrected chi connectivity index (χ3v) is 3.86. The molecule has 1 atom stereocenters. The maximum absolute atomic E-state index is 5.90. The highest BCUT2D eigenvalue weighted by Gasteiger charge is 2.20. The predicted molar refractivity (Wildman–Crippen MR) is 80.5 cm³/mol. The number of rotatable bonds is 7. The van der Waals surface area contributed by atoms with Crippen molar-refractivity contribution in [1.29, 1.82) is 0 Å². The minimum absolute atomic E-state index is 0.377. The van der Waals surface area contributed by atoms with Crippen LogP contribution in [0.4, 0.5) is 0 Å². The van der Waals surface area contributed by atoms with Crippen molar-refractivity contribution < 1.29 is 4.74 Å². The number of nitrogens with zero attached hydrogens (tertiary/aromatic N) is 1. The molecule has 0 bridgehead atoms. The maximum atomic E-state index is 5.90. The van der Waals surface area contributed by atoms with Gasteiger partial charge in [0.15, 0.2) is 0 Å². The van der Waals surface area contributed by atoms with Crippen molar-refractivity contribution in [3.05, 3.63) is 35.9 Å². The number of ether oxygens (including phenoxy) is 1. The third kappa shape index (κ3) is 5.33. The van der Waals surface area contributed by atoms with Gasteiger partial charge in [-0.3, -0.25) is 4.90 Å². The fourth-order valence-corrected chi connectivity index (χ4v) is 2.75. The average Bonchev–Trinajstić information content (AvgIpc) is 2.45. The molecule has 19 heavy (non-hydrogen) atoms. The highest BCUT2D eigenvalue weighted by Crippen LogP contribution is 2.12. The van der Waals surface area contributed by atoms with Crippen molar-refractivity contribution in [1.82, 2.24) is 4.90 Å². The molecule has 1 unspecified atom stereocenters. The molecule has 1 aliphatic rings. The Morgan fingerprint density at radius 1 is 1.16 bits per heavy atom. The lowest BCUT2D eigenvalue weighted by Crippen LogP contribution is -2.43. The van der Waals surface area contributed by atoms with Crippen LogP contribution < -0.4 is 0 Å². The van der Waals surface area contributed by atoms with E-state index in [1.807, 2.05) is 0 Å². The third-order valence-electron chi connectivity index (χ3n) is 3.86. The molecular formula is C17H27NO. The van der Waals surface area contributed by atoms with Crippen molar-refractivity contribution in [2.75, 3.05) is 26.2 Å². The lowest BCUT2D eigenvalue weighted by molar-refractivity contribution is -0.0279. The van der Waals surface area contributed by atoms with Crippen LogP contribution in [-0.4, -0.2) is 37.2 Å². The molecule has 1 heterocycles. The monoisotopic (exact) mass is 261 g/mol. The van der Waals surface area contributed by atoms with Crippen molar-refractivity contribution in [2.45, 2.75) is 45.1 Å². The fraction of sp³-hybridized carbons (Fsp3) is 0.647. The van der Waals surface area contributed by atoms with Crippen LogP contribution in [0.25, 0.3) is 0 Å². The van der Waals surface area contributed by atoms with Crippen molar-refractivity contribution in [3.8, 4) is 0 Å². The first-order valence-electron chi connectivity index (χ1n) is 7.76. The highest BCUT2D eigenvalue weighted by molar-refractivity contribution is 5.15. The normalized spacial score (nSPS) is 20.6. The summed E-state index contributed by atoms with van der Waals surface area (Å²) < 4.78 is 5.90. The van der Waals surface area contributed by atoms with Crippen molar-refractivity contribution in [3.63, 3.8) is 0 Å². The summed E-state index contributed by atoms with van der Waals surface area (Å²) >= 11 is 0. The summed E-state index contributed by atoms with van der Waals surface area (Å²) in [6, 6.07) is 10.7. The van der Waals surface area contributed by atoms with E-state index in [1.54, 1.807) is 0 Å². The zero-order chi connectivity index (χ0) is 13.3. The molecule has 1 aromatic rings. The summed E-state index contributed by atoms with van der Waals surface area (Å²) in [5.74, 6) is 0. The highest BCUT2D eigenvalue weighted by atomic mass is 16.5. The number of hydrogen-bond acceptors (Lipinski definition) is 2. The van der Waals surface area contributed by atoms with Crippen LogP contribution >= 0.6 is 0 Å². The van der Waals surface area contributed by atoms with Gasteiger partial charge < -0.3 is 4.74 Å². The van der Waals surface area contributed by atoms with E-state index in [1.165, 1.54) is 37.8 Å². The van der Waals surface area contributed by atoms with Crippen LogP contribution in [0.5, 0.6) is 0 Å². The van der Waals surface area contributed by atoms with E-state index in [0.717, 1.165) is 26.1 Å². The number of benzene rings is 1. The van der Waals surface area contributed by atoms with Gasteiger partial charge in [-0.2, -0.15) is 0 Å². The van der Waals surface area contributed by atoms with Gasteiger partial charge in [0, 0.05) is 13.1 Å². The summed E-state index contributed by atoms with van der Waals surface area (Å²) in [5.41, 5.74) is 1.39. The Morgan fingerprint density at radius 2 is 2.00 bits per heavy atom. The molecule has 1 aromatic carbocycles. The van der Waals surface area contributed by atoms with E-state index in [4.69, 9.17) is 4.74 Å². The zero-order valence-electron chi connectivity index (χ0n) is 12.2. The Balaban J connectivity index is 1.71. The van der Waals surface area contributed by atoms with Gasteiger partial charge in [0.1, 0.15) is 0 Å². The van der Waals surface area contributed by atoms with E-state index >= 15 is 0 Å².